The summed E-state index contributed by atoms with van der Waals surface area (Å²) in [6, 6.07) is 0. The highest BCUT2D eigenvalue weighted by atomic mass is 19.4. The molecule has 12 heavy (non-hydrogen) atoms. The molecule has 0 aromatic heterocycles. The minimum atomic E-state index is -4.57. The standard InChI is InChI=1S/C7H9F3N2/c8-7(9,10)6(12)3-5(11)4-1-2-4/h3-4,12H,1-2,11H2/b5-3-,12-6?. The molecule has 0 atom stereocenters. The number of hydrogen-bond donors (Lipinski definition) is 2. The number of nitrogens with one attached hydrogen (secondary N) is 1. The van der Waals surface area contributed by atoms with E-state index in [1.807, 2.05) is 0 Å². The molecule has 1 saturated carbocycles. The van der Waals surface area contributed by atoms with E-state index in [9.17, 15) is 13.2 Å². The molecular formula is C7H9F3N2. The van der Waals surface area contributed by atoms with Crippen molar-refractivity contribution in [2.75, 3.05) is 0 Å². The average molecular weight is 178 g/mol. The van der Waals surface area contributed by atoms with Crippen molar-refractivity contribution in [3.05, 3.63) is 11.8 Å². The molecule has 0 unspecified atom stereocenters. The Bertz CT molecular complexity index is 225. The molecule has 0 aromatic carbocycles. The first-order valence-corrected chi connectivity index (χ1v) is 3.54. The Morgan fingerprint density at radius 2 is 1.92 bits per heavy atom. The van der Waals surface area contributed by atoms with Crippen molar-refractivity contribution in [2.45, 2.75) is 19.0 Å². The number of hydrogen-bond acceptors (Lipinski definition) is 2. The van der Waals surface area contributed by atoms with Gasteiger partial charge in [0.05, 0.1) is 0 Å². The van der Waals surface area contributed by atoms with E-state index in [4.69, 9.17) is 11.1 Å². The molecule has 0 amide bonds. The third-order valence-corrected chi connectivity index (χ3v) is 1.67. The van der Waals surface area contributed by atoms with Crippen LogP contribution in [0.3, 0.4) is 0 Å². The van der Waals surface area contributed by atoms with Crippen molar-refractivity contribution >= 4 is 5.71 Å². The predicted octanol–water partition coefficient (Wildman–Crippen LogP) is 1.82. The van der Waals surface area contributed by atoms with E-state index >= 15 is 0 Å². The van der Waals surface area contributed by atoms with Gasteiger partial charge in [-0.2, -0.15) is 13.2 Å². The lowest BCUT2D eigenvalue weighted by atomic mass is 10.2. The van der Waals surface area contributed by atoms with Crippen LogP contribution in [0, 0.1) is 11.3 Å². The van der Waals surface area contributed by atoms with Crippen molar-refractivity contribution in [1.29, 1.82) is 5.41 Å². The normalized spacial score (nSPS) is 19.4. The summed E-state index contributed by atoms with van der Waals surface area (Å²) in [6.07, 6.45) is -2.18. The van der Waals surface area contributed by atoms with Gasteiger partial charge < -0.3 is 5.73 Å². The van der Waals surface area contributed by atoms with Gasteiger partial charge in [-0.05, 0) is 24.8 Å². The number of rotatable bonds is 2. The molecule has 1 fully saturated rings. The van der Waals surface area contributed by atoms with Gasteiger partial charge in [-0.3, -0.25) is 5.41 Å². The molecule has 0 heterocycles. The molecular weight excluding hydrogens is 169 g/mol. The Balaban J connectivity index is 2.59. The van der Waals surface area contributed by atoms with E-state index in [0.717, 1.165) is 12.8 Å². The predicted molar refractivity (Wildman–Crippen MR) is 38.8 cm³/mol. The van der Waals surface area contributed by atoms with Gasteiger partial charge in [0, 0.05) is 5.70 Å². The number of nitrogens with two attached hydrogens (primary N) is 1. The topological polar surface area (TPSA) is 49.9 Å². The molecule has 0 aliphatic heterocycles. The summed E-state index contributed by atoms with van der Waals surface area (Å²) in [7, 11) is 0. The summed E-state index contributed by atoms with van der Waals surface area (Å²) < 4.78 is 35.3. The van der Waals surface area contributed by atoms with Crippen LogP contribution >= 0.6 is 0 Å². The summed E-state index contributed by atoms with van der Waals surface area (Å²) in [6.45, 7) is 0. The van der Waals surface area contributed by atoms with Gasteiger partial charge in [0.1, 0.15) is 5.71 Å². The van der Waals surface area contributed by atoms with Crippen LogP contribution < -0.4 is 5.73 Å². The van der Waals surface area contributed by atoms with E-state index in [2.05, 4.69) is 0 Å². The first-order valence-electron chi connectivity index (χ1n) is 3.54. The van der Waals surface area contributed by atoms with Crippen LogP contribution in [-0.4, -0.2) is 11.9 Å². The molecule has 1 aliphatic carbocycles. The fourth-order valence-corrected chi connectivity index (χ4v) is 0.783. The maximum absolute atomic E-state index is 11.8. The molecule has 2 nitrogen and oxygen atoms in total. The Hall–Kier alpha value is -1.00. The second kappa shape index (κ2) is 2.80. The molecule has 1 aliphatic rings. The zero-order chi connectivity index (χ0) is 9.35. The summed E-state index contributed by atoms with van der Waals surface area (Å²) in [5.41, 5.74) is 4.11. The highest BCUT2D eigenvalue weighted by molar-refractivity contribution is 5.97. The average Bonchev–Trinajstić information content (AvgIpc) is 2.65. The van der Waals surface area contributed by atoms with Crippen LogP contribution in [0.5, 0.6) is 0 Å². The Morgan fingerprint density at radius 1 is 1.42 bits per heavy atom. The summed E-state index contributed by atoms with van der Waals surface area (Å²) in [5.74, 6) is 0.0766. The van der Waals surface area contributed by atoms with Crippen LogP contribution in [0.15, 0.2) is 11.8 Å². The third-order valence-electron chi connectivity index (χ3n) is 1.67. The zero-order valence-corrected chi connectivity index (χ0v) is 6.28. The van der Waals surface area contributed by atoms with E-state index in [0.29, 0.717) is 6.08 Å². The first kappa shape index (κ1) is 9.09. The number of alkyl halides is 3. The van der Waals surface area contributed by atoms with Crippen LogP contribution in [0.25, 0.3) is 0 Å². The fourth-order valence-electron chi connectivity index (χ4n) is 0.783. The third kappa shape index (κ3) is 2.25. The Labute approximate surface area is 67.8 Å². The first-order chi connectivity index (χ1) is 5.41. The molecule has 0 bridgehead atoms. The van der Waals surface area contributed by atoms with Crippen molar-refractivity contribution in [1.82, 2.24) is 0 Å². The van der Waals surface area contributed by atoms with Crippen LogP contribution in [0.2, 0.25) is 0 Å². The molecule has 0 radical (unpaired) electrons. The van der Waals surface area contributed by atoms with E-state index in [1.165, 1.54) is 0 Å². The maximum Gasteiger partial charge on any atom is 0.432 e. The summed E-state index contributed by atoms with van der Waals surface area (Å²) in [4.78, 5) is 0. The monoisotopic (exact) mass is 178 g/mol. The molecule has 0 spiro atoms. The maximum atomic E-state index is 11.8. The van der Waals surface area contributed by atoms with Gasteiger partial charge in [0.2, 0.25) is 0 Å². The molecule has 0 aromatic rings. The minimum Gasteiger partial charge on any atom is -0.402 e. The highest BCUT2D eigenvalue weighted by Gasteiger charge is 2.34. The van der Waals surface area contributed by atoms with E-state index in [-0.39, 0.29) is 11.6 Å². The molecule has 68 valence electrons. The quantitative estimate of drug-likeness (QED) is 0.622. The van der Waals surface area contributed by atoms with Crippen LogP contribution in [0.1, 0.15) is 12.8 Å². The van der Waals surface area contributed by atoms with Gasteiger partial charge in [0.25, 0.3) is 0 Å². The van der Waals surface area contributed by atoms with Crippen molar-refractivity contribution in [2.24, 2.45) is 11.7 Å². The van der Waals surface area contributed by atoms with Crippen molar-refractivity contribution in [3.8, 4) is 0 Å². The van der Waals surface area contributed by atoms with Gasteiger partial charge in [-0.1, -0.05) is 0 Å². The van der Waals surface area contributed by atoms with Gasteiger partial charge in [0.15, 0.2) is 0 Å². The van der Waals surface area contributed by atoms with Gasteiger partial charge in [-0.25, -0.2) is 0 Å². The van der Waals surface area contributed by atoms with Gasteiger partial charge in [-0.15, -0.1) is 0 Å². The lowest BCUT2D eigenvalue weighted by molar-refractivity contribution is -0.0584. The molecule has 3 N–H and O–H groups in total. The number of allylic oxidation sites excluding steroid dienone is 2. The zero-order valence-electron chi connectivity index (χ0n) is 6.28. The second-order valence-corrected chi connectivity index (χ2v) is 2.83. The highest BCUT2D eigenvalue weighted by Crippen LogP contribution is 2.34. The summed E-state index contributed by atoms with van der Waals surface area (Å²) in [5, 5.41) is 6.61. The van der Waals surface area contributed by atoms with Crippen molar-refractivity contribution in [3.63, 3.8) is 0 Å². The smallest absolute Gasteiger partial charge is 0.402 e. The largest absolute Gasteiger partial charge is 0.432 e. The Morgan fingerprint density at radius 3 is 2.25 bits per heavy atom. The summed E-state index contributed by atoms with van der Waals surface area (Å²) >= 11 is 0. The number of halogens is 3. The van der Waals surface area contributed by atoms with E-state index < -0.39 is 11.9 Å². The lowest BCUT2D eigenvalue weighted by Gasteiger charge is -2.04. The lowest BCUT2D eigenvalue weighted by Crippen LogP contribution is -2.21. The fraction of sp³-hybridized carbons (Fsp3) is 0.571. The second-order valence-electron chi connectivity index (χ2n) is 2.83. The van der Waals surface area contributed by atoms with E-state index in [1.54, 1.807) is 0 Å². The molecule has 5 heteroatoms. The molecule has 0 saturated heterocycles. The SMILES string of the molecule is N=C(/C=C(\N)C1CC1)C(F)(F)F. The van der Waals surface area contributed by atoms with Crippen LogP contribution in [0.4, 0.5) is 13.2 Å². The van der Waals surface area contributed by atoms with Crippen LogP contribution in [-0.2, 0) is 0 Å². The van der Waals surface area contributed by atoms with Crippen molar-refractivity contribution < 1.29 is 13.2 Å². The van der Waals surface area contributed by atoms with Gasteiger partial charge >= 0.3 is 6.18 Å². The molecule has 1 rings (SSSR count). The minimum absolute atomic E-state index is 0.0766. The Kier molecular flexibility index (Phi) is 2.12.